The predicted molar refractivity (Wildman–Crippen MR) is 58.9 cm³/mol. The molecule has 0 amide bonds. The molecule has 2 N–H and O–H groups in total. The first-order valence-electron chi connectivity index (χ1n) is 5.21. The summed E-state index contributed by atoms with van der Waals surface area (Å²) >= 11 is 0. The van der Waals surface area contributed by atoms with Gasteiger partial charge in [0.2, 0.25) is 0 Å². The number of hydrogen-bond donors (Lipinski definition) is 2. The SMILES string of the molecule is Cl.O=C(O)CCNCC1CCCCC1. The van der Waals surface area contributed by atoms with Crippen molar-refractivity contribution >= 4 is 18.4 Å². The number of carbonyl (C=O) groups is 1. The first kappa shape index (κ1) is 13.7. The van der Waals surface area contributed by atoms with E-state index in [1.165, 1.54) is 32.1 Å². The van der Waals surface area contributed by atoms with Crippen molar-refractivity contribution in [1.29, 1.82) is 0 Å². The summed E-state index contributed by atoms with van der Waals surface area (Å²) in [7, 11) is 0. The molecule has 1 fully saturated rings. The summed E-state index contributed by atoms with van der Waals surface area (Å²) in [5.41, 5.74) is 0. The number of hydrogen-bond acceptors (Lipinski definition) is 2. The van der Waals surface area contributed by atoms with Gasteiger partial charge in [-0.2, -0.15) is 0 Å². The lowest BCUT2D eigenvalue weighted by Gasteiger charge is -2.21. The smallest absolute Gasteiger partial charge is 0.304 e. The zero-order valence-corrected chi connectivity index (χ0v) is 9.31. The Kier molecular flexibility index (Phi) is 7.90. The van der Waals surface area contributed by atoms with Crippen molar-refractivity contribution in [3.8, 4) is 0 Å². The van der Waals surface area contributed by atoms with E-state index >= 15 is 0 Å². The Morgan fingerprint density at radius 1 is 1.29 bits per heavy atom. The maximum absolute atomic E-state index is 10.2. The van der Waals surface area contributed by atoms with E-state index in [0.717, 1.165) is 12.5 Å². The summed E-state index contributed by atoms with van der Waals surface area (Å²) in [5.74, 6) is 0.0821. The molecule has 0 heterocycles. The molecule has 1 aliphatic rings. The highest BCUT2D eigenvalue weighted by atomic mass is 35.5. The van der Waals surface area contributed by atoms with Gasteiger partial charge in [-0.3, -0.25) is 4.79 Å². The minimum absolute atomic E-state index is 0. The van der Waals surface area contributed by atoms with Gasteiger partial charge in [0.25, 0.3) is 0 Å². The zero-order valence-electron chi connectivity index (χ0n) is 8.50. The van der Waals surface area contributed by atoms with E-state index in [2.05, 4.69) is 5.32 Å². The second kappa shape index (κ2) is 8.06. The second-order valence-corrected chi connectivity index (χ2v) is 3.85. The molecule has 3 nitrogen and oxygen atoms in total. The lowest BCUT2D eigenvalue weighted by Crippen LogP contribution is -2.26. The van der Waals surface area contributed by atoms with Gasteiger partial charge in [0.05, 0.1) is 6.42 Å². The van der Waals surface area contributed by atoms with Gasteiger partial charge in [0.15, 0.2) is 0 Å². The summed E-state index contributed by atoms with van der Waals surface area (Å²) in [5, 5.41) is 11.6. The van der Waals surface area contributed by atoms with Crippen LogP contribution in [-0.2, 0) is 4.79 Å². The molecule has 4 heteroatoms. The minimum atomic E-state index is -0.712. The lowest BCUT2D eigenvalue weighted by molar-refractivity contribution is -0.136. The first-order chi connectivity index (χ1) is 6.29. The molecule has 14 heavy (non-hydrogen) atoms. The summed E-state index contributed by atoms with van der Waals surface area (Å²) in [6.07, 6.45) is 6.97. The van der Waals surface area contributed by atoms with Crippen LogP contribution >= 0.6 is 12.4 Å². The predicted octanol–water partition coefficient (Wildman–Crippen LogP) is 2.05. The molecular formula is C10H20ClNO2. The van der Waals surface area contributed by atoms with Gasteiger partial charge < -0.3 is 10.4 Å². The largest absolute Gasteiger partial charge is 0.481 e. The minimum Gasteiger partial charge on any atom is -0.481 e. The molecule has 0 aromatic rings. The third kappa shape index (κ3) is 6.22. The van der Waals surface area contributed by atoms with Crippen LogP contribution in [0.25, 0.3) is 0 Å². The van der Waals surface area contributed by atoms with Crippen molar-refractivity contribution in [2.24, 2.45) is 5.92 Å². The van der Waals surface area contributed by atoms with Crippen LogP contribution in [0.5, 0.6) is 0 Å². The van der Waals surface area contributed by atoms with Crippen LogP contribution in [0.4, 0.5) is 0 Å². The normalized spacial score (nSPS) is 17.4. The van der Waals surface area contributed by atoms with E-state index < -0.39 is 5.97 Å². The Hall–Kier alpha value is -0.280. The highest BCUT2D eigenvalue weighted by Gasteiger charge is 2.12. The Bertz CT molecular complexity index is 158. The monoisotopic (exact) mass is 221 g/mol. The van der Waals surface area contributed by atoms with Gasteiger partial charge in [-0.15, -0.1) is 12.4 Å². The van der Waals surface area contributed by atoms with Crippen LogP contribution in [0.3, 0.4) is 0 Å². The van der Waals surface area contributed by atoms with Crippen LogP contribution in [0, 0.1) is 5.92 Å². The van der Waals surface area contributed by atoms with E-state index in [1.807, 2.05) is 0 Å². The Morgan fingerprint density at radius 2 is 1.93 bits per heavy atom. The van der Waals surface area contributed by atoms with Crippen molar-refractivity contribution in [3.05, 3.63) is 0 Å². The topological polar surface area (TPSA) is 49.3 Å². The van der Waals surface area contributed by atoms with Gasteiger partial charge in [-0.1, -0.05) is 19.3 Å². The molecule has 0 aromatic carbocycles. The van der Waals surface area contributed by atoms with Crippen molar-refractivity contribution in [3.63, 3.8) is 0 Å². The van der Waals surface area contributed by atoms with Gasteiger partial charge in [0.1, 0.15) is 0 Å². The van der Waals surface area contributed by atoms with E-state index in [1.54, 1.807) is 0 Å². The van der Waals surface area contributed by atoms with Gasteiger partial charge in [-0.05, 0) is 25.3 Å². The first-order valence-corrected chi connectivity index (χ1v) is 5.21. The van der Waals surface area contributed by atoms with Gasteiger partial charge >= 0.3 is 5.97 Å². The van der Waals surface area contributed by atoms with Gasteiger partial charge in [-0.25, -0.2) is 0 Å². The molecule has 0 bridgehead atoms. The van der Waals surface area contributed by atoms with Crippen LogP contribution in [0.2, 0.25) is 0 Å². The molecule has 0 spiro atoms. The molecular weight excluding hydrogens is 202 g/mol. The Morgan fingerprint density at radius 3 is 2.50 bits per heavy atom. The highest BCUT2D eigenvalue weighted by molar-refractivity contribution is 5.85. The molecule has 0 aromatic heterocycles. The fraction of sp³-hybridized carbons (Fsp3) is 0.900. The summed E-state index contributed by atoms with van der Waals surface area (Å²) < 4.78 is 0. The third-order valence-electron chi connectivity index (χ3n) is 2.67. The number of rotatable bonds is 5. The van der Waals surface area contributed by atoms with Crippen molar-refractivity contribution in [1.82, 2.24) is 5.32 Å². The van der Waals surface area contributed by atoms with Crippen LogP contribution in [0.1, 0.15) is 38.5 Å². The fourth-order valence-corrected chi connectivity index (χ4v) is 1.89. The molecule has 0 unspecified atom stereocenters. The summed E-state index contributed by atoms with van der Waals surface area (Å²) in [6.45, 7) is 1.62. The van der Waals surface area contributed by atoms with Crippen molar-refractivity contribution in [2.75, 3.05) is 13.1 Å². The van der Waals surface area contributed by atoms with E-state index in [9.17, 15) is 4.79 Å². The molecule has 0 saturated heterocycles. The highest BCUT2D eigenvalue weighted by Crippen LogP contribution is 2.22. The van der Waals surface area contributed by atoms with E-state index in [0.29, 0.717) is 6.54 Å². The fourth-order valence-electron chi connectivity index (χ4n) is 1.89. The van der Waals surface area contributed by atoms with E-state index in [-0.39, 0.29) is 18.8 Å². The summed E-state index contributed by atoms with van der Waals surface area (Å²) in [6, 6.07) is 0. The van der Waals surface area contributed by atoms with Gasteiger partial charge in [0, 0.05) is 6.54 Å². The standard InChI is InChI=1S/C10H19NO2.ClH/c12-10(13)6-7-11-8-9-4-2-1-3-5-9;/h9,11H,1-8H2,(H,12,13);1H. The molecule has 0 aliphatic heterocycles. The summed E-state index contributed by atoms with van der Waals surface area (Å²) in [4.78, 5) is 10.2. The average molecular weight is 222 g/mol. The van der Waals surface area contributed by atoms with Crippen LogP contribution in [0.15, 0.2) is 0 Å². The van der Waals surface area contributed by atoms with Crippen molar-refractivity contribution in [2.45, 2.75) is 38.5 Å². The van der Waals surface area contributed by atoms with Crippen LogP contribution in [-0.4, -0.2) is 24.2 Å². The quantitative estimate of drug-likeness (QED) is 0.699. The molecule has 0 radical (unpaired) electrons. The number of nitrogens with one attached hydrogen (secondary N) is 1. The van der Waals surface area contributed by atoms with E-state index in [4.69, 9.17) is 5.11 Å². The molecule has 1 saturated carbocycles. The van der Waals surface area contributed by atoms with Crippen LogP contribution < -0.4 is 5.32 Å². The second-order valence-electron chi connectivity index (χ2n) is 3.85. The number of carboxylic acid groups (broad SMARTS) is 1. The average Bonchev–Trinajstić information content (AvgIpc) is 2.14. The third-order valence-corrected chi connectivity index (χ3v) is 2.67. The molecule has 0 atom stereocenters. The van der Waals surface area contributed by atoms with Crippen molar-refractivity contribution < 1.29 is 9.90 Å². The molecule has 84 valence electrons. The maximum Gasteiger partial charge on any atom is 0.304 e. The lowest BCUT2D eigenvalue weighted by atomic mass is 9.89. The molecule has 1 rings (SSSR count). The number of halogens is 1. The zero-order chi connectivity index (χ0) is 9.52. The Labute approximate surface area is 91.7 Å². The Balaban J connectivity index is 0.00000169. The number of carboxylic acids is 1. The number of aliphatic carboxylic acids is 1. The molecule has 1 aliphatic carbocycles. The maximum atomic E-state index is 10.2.